The van der Waals surface area contributed by atoms with Crippen LogP contribution >= 0.6 is 11.6 Å². The van der Waals surface area contributed by atoms with Crippen LogP contribution < -0.4 is 10.6 Å². The maximum absolute atomic E-state index is 11.6. The second-order valence-electron chi connectivity index (χ2n) is 3.84. The molecule has 7 heteroatoms. The van der Waals surface area contributed by atoms with E-state index in [0.717, 1.165) is 5.56 Å². The summed E-state index contributed by atoms with van der Waals surface area (Å²) in [6.45, 7) is 0.235. The Balaban J connectivity index is 1.85. The molecule has 2 amide bonds. The summed E-state index contributed by atoms with van der Waals surface area (Å²) >= 11 is 5.75. The van der Waals surface area contributed by atoms with Crippen LogP contribution in [0.1, 0.15) is 5.56 Å². The van der Waals surface area contributed by atoms with Crippen LogP contribution in [0.5, 0.6) is 0 Å². The Morgan fingerprint density at radius 3 is 2.35 bits per heavy atom. The Labute approximate surface area is 120 Å². The van der Waals surface area contributed by atoms with E-state index in [1.807, 2.05) is 0 Å². The van der Waals surface area contributed by atoms with Crippen molar-refractivity contribution in [2.24, 2.45) is 0 Å². The zero-order chi connectivity index (χ0) is 14.4. The first-order chi connectivity index (χ1) is 9.65. The van der Waals surface area contributed by atoms with Crippen LogP contribution in [0.15, 0.2) is 42.7 Å². The Bertz CT molecular complexity index is 602. The first-order valence-electron chi connectivity index (χ1n) is 5.76. The molecule has 0 fully saturated rings. The third-order valence-corrected chi connectivity index (χ3v) is 2.62. The Morgan fingerprint density at radius 2 is 1.70 bits per heavy atom. The van der Waals surface area contributed by atoms with Crippen molar-refractivity contribution >= 4 is 29.4 Å². The summed E-state index contributed by atoms with van der Waals surface area (Å²) in [6, 6.07) is 8.56. The van der Waals surface area contributed by atoms with Crippen molar-refractivity contribution in [2.75, 3.05) is 5.32 Å². The average Bonchev–Trinajstić information content (AvgIpc) is 2.47. The minimum absolute atomic E-state index is 0.0825. The van der Waals surface area contributed by atoms with E-state index >= 15 is 0 Å². The predicted octanol–water partition coefficient (Wildman–Crippen LogP) is 1.38. The minimum atomic E-state index is -0.815. The highest BCUT2D eigenvalue weighted by Gasteiger charge is 2.14. The molecule has 6 nitrogen and oxygen atoms in total. The van der Waals surface area contributed by atoms with E-state index in [1.54, 1.807) is 30.3 Å². The number of benzene rings is 1. The molecular formula is C13H11ClN4O2. The van der Waals surface area contributed by atoms with E-state index in [9.17, 15) is 9.59 Å². The molecule has 2 rings (SSSR count). The van der Waals surface area contributed by atoms with Crippen molar-refractivity contribution in [2.45, 2.75) is 6.54 Å². The van der Waals surface area contributed by atoms with E-state index in [0.29, 0.717) is 5.02 Å². The quantitative estimate of drug-likeness (QED) is 0.837. The number of carbonyl (C=O) groups excluding carboxylic acids is 2. The molecule has 0 saturated heterocycles. The van der Waals surface area contributed by atoms with E-state index in [-0.39, 0.29) is 12.5 Å². The molecule has 2 N–H and O–H groups in total. The number of nitrogens with zero attached hydrogens (tertiary/aromatic N) is 2. The summed E-state index contributed by atoms with van der Waals surface area (Å²) in [5.74, 6) is -1.49. The SMILES string of the molecule is O=C(NCc1ccc(Cl)cc1)C(=O)Nc1ncccn1. The van der Waals surface area contributed by atoms with Crippen molar-refractivity contribution in [3.8, 4) is 0 Å². The molecule has 1 heterocycles. The fraction of sp³-hybridized carbons (Fsp3) is 0.0769. The number of hydrogen-bond donors (Lipinski definition) is 2. The van der Waals surface area contributed by atoms with E-state index in [1.165, 1.54) is 12.4 Å². The summed E-state index contributed by atoms with van der Waals surface area (Å²) < 4.78 is 0. The molecule has 0 radical (unpaired) electrons. The molecule has 0 unspecified atom stereocenters. The van der Waals surface area contributed by atoms with Crippen LogP contribution in [0.4, 0.5) is 5.95 Å². The standard InChI is InChI=1S/C13H11ClN4O2/c14-10-4-2-9(3-5-10)8-17-11(19)12(20)18-13-15-6-1-7-16-13/h1-7H,8H2,(H,17,19)(H,15,16,18,20). The lowest BCUT2D eigenvalue weighted by atomic mass is 10.2. The van der Waals surface area contributed by atoms with Gasteiger partial charge in [-0.1, -0.05) is 23.7 Å². The van der Waals surface area contributed by atoms with Gasteiger partial charge in [-0.25, -0.2) is 9.97 Å². The number of nitrogens with one attached hydrogen (secondary N) is 2. The maximum atomic E-state index is 11.6. The van der Waals surface area contributed by atoms with Gasteiger partial charge in [0.15, 0.2) is 0 Å². The zero-order valence-corrected chi connectivity index (χ0v) is 11.1. The predicted molar refractivity (Wildman–Crippen MR) is 74.0 cm³/mol. The van der Waals surface area contributed by atoms with Crippen molar-refractivity contribution in [1.29, 1.82) is 0 Å². The van der Waals surface area contributed by atoms with Gasteiger partial charge in [0.25, 0.3) is 0 Å². The molecule has 2 aromatic rings. The van der Waals surface area contributed by atoms with E-state index < -0.39 is 11.8 Å². The molecule has 0 aliphatic carbocycles. The second kappa shape index (κ2) is 6.63. The van der Waals surface area contributed by atoms with Gasteiger partial charge in [-0.15, -0.1) is 0 Å². The molecule has 0 saturated carbocycles. The van der Waals surface area contributed by atoms with Crippen molar-refractivity contribution in [3.63, 3.8) is 0 Å². The molecule has 0 atom stereocenters. The van der Waals surface area contributed by atoms with E-state index in [2.05, 4.69) is 20.6 Å². The van der Waals surface area contributed by atoms with Gasteiger partial charge in [0.05, 0.1) is 0 Å². The minimum Gasteiger partial charge on any atom is -0.344 e. The molecule has 20 heavy (non-hydrogen) atoms. The molecule has 1 aromatic carbocycles. The number of anilines is 1. The van der Waals surface area contributed by atoms with Crippen LogP contribution in [-0.2, 0) is 16.1 Å². The third-order valence-electron chi connectivity index (χ3n) is 2.36. The van der Waals surface area contributed by atoms with Gasteiger partial charge in [-0.2, -0.15) is 0 Å². The summed E-state index contributed by atoms with van der Waals surface area (Å²) in [4.78, 5) is 30.7. The van der Waals surface area contributed by atoms with Crippen molar-refractivity contribution < 1.29 is 9.59 Å². The Kier molecular flexibility index (Phi) is 4.62. The lowest BCUT2D eigenvalue weighted by Gasteiger charge is -2.05. The monoisotopic (exact) mass is 290 g/mol. The topological polar surface area (TPSA) is 84.0 Å². The van der Waals surface area contributed by atoms with Crippen LogP contribution in [-0.4, -0.2) is 21.8 Å². The van der Waals surface area contributed by atoms with Gasteiger partial charge in [0, 0.05) is 24.0 Å². The Hall–Kier alpha value is -2.47. The van der Waals surface area contributed by atoms with Crippen LogP contribution in [0.3, 0.4) is 0 Å². The number of halogens is 1. The van der Waals surface area contributed by atoms with Gasteiger partial charge >= 0.3 is 11.8 Å². The first-order valence-corrected chi connectivity index (χ1v) is 6.13. The van der Waals surface area contributed by atoms with Gasteiger partial charge < -0.3 is 5.32 Å². The molecule has 1 aromatic heterocycles. The molecule has 0 aliphatic rings. The van der Waals surface area contributed by atoms with Crippen molar-refractivity contribution in [1.82, 2.24) is 15.3 Å². The summed E-state index contributed by atoms with van der Waals surface area (Å²) in [5.41, 5.74) is 0.839. The normalized spacial score (nSPS) is 9.85. The van der Waals surface area contributed by atoms with Crippen LogP contribution in [0.25, 0.3) is 0 Å². The summed E-state index contributed by atoms with van der Waals surface area (Å²) in [5, 5.41) is 5.39. The highest BCUT2D eigenvalue weighted by atomic mass is 35.5. The van der Waals surface area contributed by atoms with Gasteiger partial charge in [0.2, 0.25) is 5.95 Å². The summed E-state index contributed by atoms with van der Waals surface area (Å²) in [7, 11) is 0. The maximum Gasteiger partial charge on any atom is 0.316 e. The first kappa shape index (κ1) is 14.0. The van der Waals surface area contributed by atoms with Gasteiger partial charge in [-0.05, 0) is 23.8 Å². The molecule has 0 bridgehead atoms. The third kappa shape index (κ3) is 4.03. The molecule has 102 valence electrons. The molecule has 0 spiro atoms. The molecular weight excluding hydrogens is 280 g/mol. The number of aromatic nitrogens is 2. The fourth-order valence-electron chi connectivity index (χ4n) is 1.39. The lowest BCUT2D eigenvalue weighted by molar-refractivity contribution is -0.136. The van der Waals surface area contributed by atoms with Crippen LogP contribution in [0, 0.1) is 0 Å². The summed E-state index contributed by atoms with van der Waals surface area (Å²) in [6.07, 6.45) is 2.93. The number of hydrogen-bond acceptors (Lipinski definition) is 4. The van der Waals surface area contributed by atoms with E-state index in [4.69, 9.17) is 11.6 Å². The van der Waals surface area contributed by atoms with Crippen LogP contribution in [0.2, 0.25) is 5.02 Å². The largest absolute Gasteiger partial charge is 0.344 e. The molecule has 0 aliphatic heterocycles. The lowest BCUT2D eigenvalue weighted by Crippen LogP contribution is -2.35. The number of amides is 2. The highest BCUT2D eigenvalue weighted by molar-refractivity contribution is 6.39. The highest BCUT2D eigenvalue weighted by Crippen LogP contribution is 2.09. The fourth-order valence-corrected chi connectivity index (χ4v) is 1.51. The Morgan fingerprint density at radius 1 is 1.05 bits per heavy atom. The smallest absolute Gasteiger partial charge is 0.316 e. The number of rotatable bonds is 3. The van der Waals surface area contributed by atoms with Crippen molar-refractivity contribution in [3.05, 3.63) is 53.3 Å². The second-order valence-corrected chi connectivity index (χ2v) is 4.27. The van der Waals surface area contributed by atoms with Gasteiger partial charge in [0.1, 0.15) is 0 Å². The number of carbonyl (C=O) groups is 2. The van der Waals surface area contributed by atoms with Gasteiger partial charge in [-0.3, -0.25) is 14.9 Å². The zero-order valence-electron chi connectivity index (χ0n) is 10.3. The average molecular weight is 291 g/mol.